The van der Waals surface area contributed by atoms with Crippen LogP contribution in [0.1, 0.15) is 46.0 Å². The molecule has 8 heteroatoms. The van der Waals surface area contributed by atoms with Crippen molar-refractivity contribution in [3.8, 4) is 0 Å². The second-order valence-electron chi connectivity index (χ2n) is 8.16. The zero-order valence-corrected chi connectivity index (χ0v) is 19.2. The molecule has 4 N–H and O–H groups in total. The number of carbonyl (C=O) groups excluding carboxylic acids is 1. The zero-order chi connectivity index (χ0) is 22.2. The molecule has 0 aromatic heterocycles. The predicted octanol–water partition coefficient (Wildman–Crippen LogP) is 1.58. The van der Waals surface area contributed by atoms with Crippen LogP contribution in [-0.4, -0.2) is 71.8 Å². The van der Waals surface area contributed by atoms with E-state index in [2.05, 4.69) is 47.1 Å². The second kappa shape index (κ2) is 11.4. The minimum Gasteiger partial charge on any atom is -0.376 e. The Hall–Kier alpha value is -2.29. The van der Waals surface area contributed by atoms with Crippen molar-refractivity contribution in [2.45, 2.75) is 52.1 Å². The number of hydrogen-bond acceptors (Lipinski definition) is 7. The Morgan fingerprint density at radius 1 is 1.29 bits per heavy atom. The quantitative estimate of drug-likeness (QED) is 0.414. The Morgan fingerprint density at radius 2 is 2.06 bits per heavy atom. The van der Waals surface area contributed by atoms with Crippen LogP contribution in [0.4, 0.5) is 0 Å². The topological polar surface area (TPSA) is 83.1 Å². The fourth-order valence-corrected chi connectivity index (χ4v) is 4.36. The predicted molar refractivity (Wildman–Crippen MR) is 123 cm³/mol. The lowest BCUT2D eigenvalue weighted by Gasteiger charge is -2.37. The van der Waals surface area contributed by atoms with E-state index in [-0.39, 0.29) is 18.8 Å². The molecule has 172 valence electrons. The van der Waals surface area contributed by atoms with Crippen LogP contribution in [0.2, 0.25) is 0 Å². The molecular formula is C23H38N6O2. The lowest BCUT2D eigenvalue weighted by molar-refractivity contribution is -0.128. The number of likely N-dealkylation sites (tertiary alicyclic amines) is 1. The van der Waals surface area contributed by atoms with Crippen LogP contribution in [0.15, 0.2) is 47.1 Å². The van der Waals surface area contributed by atoms with E-state index in [0.29, 0.717) is 6.54 Å². The first-order valence-corrected chi connectivity index (χ1v) is 11.6. The second-order valence-corrected chi connectivity index (χ2v) is 8.16. The number of carbonyl (C=O) groups is 1. The van der Waals surface area contributed by atoms with Gasteiger partial charge in [-0.1, -0.05) is 13.8 Å². The van der Waals surface area contributed by atoms with Gasteiger partial charge in [-0.05, 0) is 63.0 Å². The number of nitrogens with zero attached hydrogens (tertiary/aromatic N) is 3. The SMILES string of the molecule is CCCN(C1=CC(NNC)N(CO)C=C1)C1=C(CC)C=C(C(=O)N2CCCCC2)CN1. The standard InChI is InChI=1S/C23H38N6O2/c1-4-10-29(20-9-13-28(17-30)21(15-20)26-24-3)22-18(5-2)14-19(16-25-22)23(31)27-11-7-6-8-12-27/h9,13-15,21,24-26,30H,4-8,10-12,16-17H2,1-3H3. The number of piperidine rings is 1. The molecule has 8 nitrogen and oxygen atoms in total. The largest absolute Gasteiger partial charge is 0.376 e. The third-order valence-electron chi connectivity index (χ3n) is 6.00. The van der Waals surface area contributed by atoms with Gasteiger partial charge in [-0.2, -0.15) is 0 Å². The number of hydrazine groups is 1. The summed E-state index contributed by atoms with van der Waals surface area (Å²) >= 11 is 0. The number of rotatable bonds is 9. The van der Waals surface area contributed by atoms with Crippen LogP contribution in [-0.2, 0) is 4.79 Å². The first-order valence-electron chi connectivity index (χ1n) is 11.6. The maximum Gasteiger partial charge on any atom is 0.251 e. The van der Waals surface area contributed by atoms with Gasteiger partial charge in [-0.25, -0.2) is 5.43 Å². The number of aliphatic hydroxyl groups is 1. The Morgan fingerprint density at radius 3 is 2.71 bits per heavy atom. The molecule has 3 aliphatic rings. The van der Waals surface area contributed by atoms with Crippen molar-refractivity contribution in [1.29, 1.82) is 0 Å². The molecule has 1 saturated heterocycles. The van der Waals surface area contributed by atoms with Gasteiger partial charge in [-0.3, -0.25) is 10.2 Å². The van der Waals surface area contributed by atoms with Gasteiger partial charge >= 0.3 is 0 Å². The van der Waals surface area contributed by atoms with E-state index in [1.807, 2.05) is 29.1 Å². The van der Waals surface area contributed by atoms with Crippen LogP contribution >= 0.6 is 0 Å². The maximum atomic E-state index is 13.0. The van der Waals surface area contributed by atoms with E-state index >= 15 is 0 Å². The summed E-state index contributed by atoms with van der Waals surface area (Å²) in [7, 11) is 1.82. The molecule has 3 rings (SSSR count). The van der Waals surface area contributed by atoms with E-state index in [4.69, 9.17) is 0 Å². The fraction of sp³-hybridized carbons (Fsp3) is 0.609. The lowest BCUT2D eigenvalue weighted by Crippen LogP contribution is -2.49. The summed E-state index contributed by atoms with van der Waals surface area (Å²) < 4.78 is 0. The molecule has 3 heterocycles. The van der Waals surface area contributed by atoms with Crippen molar-refractivity contribution in [2.24, 2.45) is 0 Å². The van der Waals surface area contributed by atoms with Crippen LogP contribution in [0.5, 0.6) is 0 Å². The summed E-state index contributed by atoms with van der Waals surface area (Å²) in [6.07, 6.45) is 13.2. The van der Waals surface area contributed by atoms with Gasteiger partial charge in [0, 0.05) is 43.6 Å². The molecule has 0 aliphatic carbocycles. The molecule has 0 spiro atoms. The van der Waals surface area contributed by atoms with Gasteiger partial charge in [0.25, 0.3) is 5.91 Å². The summed E-state index contributed by atoms with van der Waals surface area (Å²) in [5.41, 5.74) is 9.19. The Kier molecular flexibility index (Phi) is 8.57. The molecule has 3 aliphatic heterocycles. The maximum absolute atomic E-state index is 13.0. The number of dihydropyridines is 1. The average Bonchev–Trinajstić information content (AvgIpc) is 2.82. The van der Waals surface area contributed by atoms with Crippen molar-refractivity contribution in [3.05, 3.63) is 47.1 Å². The lowest BCUT2D eigenvalue weighted by atomic mass is 10.0. The van der Waals surface area contributed by atoms with E-state index in [0.717, 1.165) is 68.0 Å². The number of hydrogen-bond donors (Lipinski definition) is 4. The van der Waals surface area contributed by atoms with Crippen molar-refractivity contribution in [1.82, 2.24) is 30.9 Å². The molecule has 0 aromatic rings. The van der Waals surface area contributed by atoms with E-state index < -0.39 is 0 Å². The molecule has 0 radical (unpaired) electrons. The monoisotopic (exact) mass is 430 g/mol. The van der Waals surface area contributed by atoms with Gasteiger partial charge < -0.3 is 25.1 Å². The molecule has 1 atom stereocenters. The van der Waals surface area contributed by atoms with Crippen molar-refractivity contribution in [2.75, 3.05) is 40.0 Å². The van der Waals surface area contributed by atoms with Crippen molar-refractivity contribution in [3.63, 3.8) is 0 Å². The molecule has 31 heavy (non-hydrogen) atoms. The van der Waals surface area contributed by atoms with E-state index in [1.165, 1.54) is 6.42 Å². The number of allylic oxidation sites excluding steroid dienone is 3. The van der Waals surface area contributed by atoms with Crippen molar-refractivity contribution < 1.29 is 9.90 Å². The number of nitrogens with one attached hydrogen (secondary N) is 3. The summed E-state index contributed by atoms with van der Waals surface area (Å²) in [6.45, 7) is 7.38. The Bertz CT molecular complexity index is 751. The molecule has 1 unspecified atom stereocenters. The van der Waals surface area contributed by atoms with Gasteiger partial charge in [0.1, 0.15) is 18.7 Å². The van der Waals surface area contributed by atoms with Gasteiger partial charge in [0.15, 0.2) is 0 Å². The summed E-state index contributed by atoms with van der Waals surface area (Å²) in [6, 6.07) is 0. The summed E-state index contributed by atoms with van der Waals surface area (Å²) in [4.78, 5) is 19.1. The molecule has 1 fully saturated rings. The first-order chi connectivity index (χ1) is 15.1. The molecule has 0 saturated carbocycles. The average molecular weight is 431 g/mol. The van der Waals surface area contributed by atoms with Crippen LogP contribution in [0.3, 0.4) is 0 Å². The van der Waals surface area contributed by atoms with Crippen molar-refractivity contribution >= 4 is 5.91 Å². The highest BCUT2D eigenvalue weighted by molar-refractivity contribution is 5.94. The van der Waals surface area contributed by atoms with Crippen LogP contribution < -0.4 is 16.2 Å². The first kappa shape index (κ1) is 23.4. The normalized spacial score (nSPS) is 21.6. The van der Waals surface area contributed by atoms with E-state index in [9.17, 15) is 9.90 Å². The summed E-state index contributed by atoms with van der Waals surface area (Å²) in [5, 5.41) is 13.2. The van der Waals surface area contributed by atoms with Crippen LogP contribution in [0, 0.1) is 0 Å². The van der Waals surface area contributed by atoms with Gasteiger partial charge in [-0.15, -0.1) is 0 Å². The highest BCUT2D eigenvalue weighted by Gasteiger charge is 2.27. The van der Waals surface area contributed by atoms with Gasteiger partial charge in [0.2, 0.25) is 0 Å². The zero-order valence-electron chi connectivity index (χ0n) is 19.2. The third kappa shape index (κ3) is 5.50. The van der Waals surface area contributed by atoms with Gasteiger partial charge in [0.05, 0.1) is 0 Å². The minimum atomic E-state index is -0.157. The smallest absolute Gasteiger partial charge is 0.251 e. The molecular weight excluding hydrogens is 392 g/mol. The molecule has 0 aromatic carbocycles. The Balaban J connectivity index is 1.87. The van der Waals surface area contributed by atoms with Crippen LogP contribution in [0.25, 0.3) is 0 Å². The van der Waals surface area contributed by atoms with E-state index in [1.54, 1.807) is 0 Å². The summed E-state index contributed by atoms with van der Waals surface area (Å²) in [5.74, 6) is 1.24. The highest BCUT2D eigenvalue weighted by Crippen LogP contribution is 2.26. The third-order valence-corrected chi connectivity index (χ3v) is 6.00. The fourth-order valence-electron chi connectivity index (χ4n) is 4.36. The molecule has 0 bridgehead atoms. The number of aliphatic hydroxyl groups excluding tert-OH is 1. The Labute approximate surface area is 186 Å². The molecule has 1 amide bonds. The minimum absolute atomic E-state index is 0.0702. The highest BCUT2D eigenvalue weighted by atomic mass is 16.3. The number of amides is 1.